The normalized spacial score (nSPS) is 13.3. The molecule has 0 aliphatic rings. The second-order valence-corrected chi connectivity index (χ2v) is 2.57. The van der Waals surface area contributed by atoms with Crippen LogP contribution < -0.4 is 5.73 Å². The zero-order chi connectivity index (χ0) is 10.0. The van der Waals surface area contributed by atoms with Crippen molar-refractivity contribution in [2.24, 2.45) is 5.73 Å². The van der Waals surface area contributed by atoms with E-state index in [-0.39, 0.29) is 5.56 Å². The van der Waals surface area contributed by atoms with E-state index >= 15 is 0 Å². The second kappa shape index (κ2) is 3.66. The third-order valence-corrected chi connectivity index (χ3v) is 1.63. The highest BCUT2D eigenvalue weighted by molar-refractivity contribution is 5.29. The fraction of sp³-hybridized carbons (Fsp3) is 0.250. The first-order valence-electron chi connectivity index (χ1n) is 3.54. The fourth-order valence-electron chi connectivity index (χ4n) is 0.876. The lowest BCUT2D eigenvalue weighted by Crippen LogP contribution is -2.18. The Kier molecular flexibility index (Phi) is 2.77. The van der Waals surface area contributed by atoms with E-state index in [0.717, 1.165) is 18.2 Å². The Bertz CT molecular complexity index is 303. The van der Waals surface area contributed by atoms with Gasteiger partial charge in [-0.3, -0.25) is 0 Å². The summed E-state index contributed by atoms with van der Waals surface area (Å²) in [5.41, 5.74) is 5.02. The quantitative estimate of drug-likeness (QED) is 0.748. The smallest absolute Gasteiger partial charge is 0.257 e. The number of rotatable bonds is 2. The minimum Gasteiger partial charge on any atom is -0.505 e. The number of phenols is 1. The summed E-state index contributed by atoms with van der Waals surface area (Å²) in [6, 6.07) is 1.43. The van der Waals surface area contributed by atoms with Crippen molar-refractivity contribution >= 4 is 0 Å². The fourth-order valence-corrected chi connectivity index (χ4v) is 0.876. The van der Waals surface area contributed by atoms with Crippen LogP contribution >= 0.6 is 0 Å². The second-order valence-electron chi connectivity index (χ2n) is 2.57. The number of phenolic OH excluding ortho intramolecular Hbond substituents is 1. The van der Waals surface area contributed by atoms with Crippen molar-refractivity contribution in [2.45, 2.75) is 12.5 Å². The first-order chi connectivity index (χ1) is 6.02. The molecule has 0 aromatic heterocycles. The van der Waals surface area contributed by atoms with Crippen LogP contribution in [-0.4, -0.2) is 11.5 Å². The average Bonchev–Trinajstić information content (AvgIpc) is 2.08. The molecular formula is C8H8F3NO. The highest BCUT2D eigenvalue weighted by Gasteiger charge is 2.18. The molecule has 0 fully saturated rings. The van der Waals surface area contributed by atoms with Crippen LogP contribution in [0, 0.1) is 5.82 Å². The van der Waals surface area contributed by atoms with E-state index in [1.54, 1.807) is 0 Å². The lowest BCUT2D eigenvalue weighted by Gasteiger charge is -2.10. The summed E-state index contributed by atoms with van der Waals surface area (Å²) in [7, 11) is 0. The Morgan fingerprint density at radius 1 is 1.31 bits per heavy atom. The van der Waals surface area contributed by atoms with Gasteiger partial charge in [-0.25, -0.2) is 13.2 Å². The maximum Gasteiger partial charge on any atom is 0.257 e. The topological polar surface area (TPSA) is 46.2 Å². The van der Waals surface area contributed by atoms with Gasteiger partial charge in [0.2, 0.25) is 0 Å². The Morgan fingerprint density at radius 3 is 2.38 bits per heavy atom. The molecule has 0 bridgehead atoms. The molecule has 1 aromatic rings. The standard InChI is InChI=1S/C8H8F3NO/c9-5-3-4(1-2-6(5)13)7(12)8(10)11/h1-3,7-8,13H,12H2/t7-/m1/s1. The van der Waals surface area contributed by atoms with Crippen LogP contribution in [0.2, 0.25) is 0 Å². The molecule has 0 aliphatic heterocycles. The van der Waals surface area contributed by atoms with E-state index in [9.17, 15) is 13.2 Å². The predicted octanol–water partition coefficient (Wildman–Crippen LogP) is 1.80. The third-order valence-electron chi connectivity index (χ3n) is 1.63. The maximum absolute atomic E-state index is 12.7. The van der Waals surface area contributed by atoms with E-state index < -0.39 is 24.0 Å². The van der Waals surface area contributed by atoms with Crippen LogP contribution in [0.4, 0.5) is 13.2 Å². The highest BCUT2D eigenvalue weighted by atomic mass is 19.3. The van der Waals surface area contributed by atoms with E-state index in [0.29, 0.717) is 0 Å². The zero-order valence-electron chi connectivity index (χ0n) is 6.55. The number of hydrogen-bond donors (Lipinski definition) is 2. The monoisotopic (exact) mass is 191 g/mol. The van der Waals surface area contributed by atoms with Crippen molar-refractivity contribution in [3.05, 3.63) is 29.6 Å². The maximum atomic E-state index is 12.7. The summed E-state index contributed by atoms with van der Waals surface area (Å²) in [5, 5.41) is 8.76. The molecule has 0 spiro atoms. The van der Waals surface area contributed by atoms with Crippen LogP contribution in [0.5, 0.6) is 5.75 Å². The highest BCUT2D eigenvalue weighted by Crippen LogP contribution is 2.22. The van der Waals surface area contributed by atoms with Gasteiger partial charge in [0, 0.05) is 0 Å². The zero-order valence-corrected chi connectivity index (χ0v) is 6.55. The molecular weight excluding hydrogens is 183 g/mol. The van der Waals surface area contributed by atoms with Crippen molar-refractivity contribution in [1.82, 2.24) is 0 Å². The summed E-state index contributed by atoms with van der Waals surface area (Å²) >= 11 is 0. The van der Waals surface area contributed by atoms with Gasteiger partial charge in [-0.2, -0.15) is 0 Å². The van der Waals surface area contributed by atoms with E-state index in [1.807, 2.05) is 0 Å². The molecule has 0 aliphatic carbocycles. The molecule has 3 N–H and O–H groups in total. The van der Waals surface area contributed by atoms with Gasteiger partial charge in [-0.15, -0.1) is 0 Å². The van der Waals surface area contributed by atoms with Gasteiger partial charge in [0.1, 0.15) is 0 Å². The molecule has 0 radical (unpaired) electrons. The van der Waals surface area contributed by atoms with Crippen molar-refractivity contribution in [3.8, 4) is 5.75 Å². The molecule has 0 saturated carbocycles. The minimum absolute atomic E-state index is 0.0368. The molecule has 0 amide bonds. The van der Waals surface area contributed by atoms with Crippen LogP contribution in [0.15, 0.2) is 18.2 Å². The molecule has 72 valence electrons. The minimum atomic E-state index is -2.75. The van der Waals surface area contributed by atoms with Gasteiger partial charge in [0.05, 0.1) is 6.04 Å². The van der Waals surface area contributed by atoms with Gasteiger partial charge < -0.3 is 10.8 Å². The lowest BCUT2D eigenvalue weighted by atomic mass is 10.1. The number of halogens is 3. The summed E-state index contributed by atoms with van der Waals surface area (Å²) in [6.45, 7) is 0. The number of hydrogen-bond acceptors (Lipinski definition) is 2. The van der Waals surface area contributed by atoms with Gasteiger partial charge in [0.25, 0.3) is 6.43 Å². The van der Waals surface area contributed by atoms with Crippen molar-refractivity contribution < 1.29 is 18.3 Å². The Labute approximate surface area is 72.8 Å². The molecule has 5 heteroatoms. The summed E-state index contributed by atoms with van der Waals surface area (Å²) in [5.74, 6) is -1.53. The molecule has 1 aromatic carbocycles. The van der Waals surface area contributed by atoms with Crippen molar-refractivity contribution in [2.75, 3.05) is 0 Å². The summed E-state index contributed by atoms with van der Waals surface area (Å²) in [6.07, 6.45) is -2.75. The first-order valence-corrected chi connectivity index (χ1v) is 3.54. The summed E-state index contributed by atoms with van der Waals surface area (Å²) < 4.78 is 36.7. The van der Waals surface area contributed by atoms with Gasteiger partial charge in [-0.05, 0) is 17.7 Å². The van der Waals surface area contributed by atoms with E-state index in [1.165, 1.54) is 0 Å². The number of nitrogens with two attached hydrogens (primary N) is 1. The SMILES string of the molecule is N[C@H](c1ccc(O)c(F)c1)C(F)F. The largest absolute Gasteiger partial charge is 0.505 e. The number of alkyl halides is 2. The van der Waals surface area contributed by atoms with Crippen molar-refractivity contribution in [3.63, 3.8) is 0 Å². The molecule has 0 unspecified atom stereocenters. The molecule has 0 saturated heterocycles. The number of benzene rings is 1. The Balaban J connectivity index is 2.97. The predicted molar refractivity (Wildman–Crippen MR) is 41.0 cm³/mol. The van der Waals surface area contributed by atoms with Crippen LogP contribution in [-0.2, 0) is 0 Å². The molecule has 1 rings (SSSR count). The van der Waals surface area contributed by atoms with E-state index in [2.05, 4.69) is 0 Å². The third kappa shape index (κ3) is 2.12. The van der Waals surface area contributed by atoms with E-state index in [4.69, 9.17) is 10.8 Å². The Hall–Kier alpha value is -1.23. The van der Waals surface area contributed by atoms with Gasteiger partial charge in [0.15, 0.2) is 11.6 Å². The number of aromatic hydroxyl groups is 1. The molecule has 13 heavy (non-hydrogen) atoms. The van der Waals surface area contributed by atoms with Gasteiger partial charge in [-0.1, -0.05) is 6.07 Å². The molecule has 2 nitrogen and oxygen atoms in total. The van der Waals surface area contributed by atoms with Crippen LogP contribution in [0.3, 0.4) is 0 Å². The van der Waals surface area contributed by atoms with Gasteiger partial charge >= 0.3 is 0 Å². The van der Waals surface area contributed by atoms with Crippen molar-refractivity contribution in [1.29, 1.82) is 0 Å². The molecule has 1 atom stereocenters. The average molecular weight is 191 g/mol. The molecule has 0 heterocycles. The lowest BCUT2D eigenvalue weighted by molar-refractivity contribution is 0.116. The van der Waals surface area contributed by atoms with Crippen LogP contribution in [0.25, 0.3) is 0 Å². The first kappa shape index (κ1) is 9.85. The Morgan fingerprint density at radius 2 is 1.92 bits per heavy atom. The summed E-state index contributed by atoms with van der Waals surface area (Å²) in [4.78, 5) is 0. The van der Waals surface area contributed by atoms with Crippen LogP contribution in [0.1, 0.15) is 11.6 Å².